The van der Waals surface area contributed by atoms with E-state index in [1.807, 2.05) is 13.8 Å². The maximum atomic E-state index is 12.3. The monoisotopic (exact) mass is 265 g/mol. The summed E-state index contributed by atoms with van der Waals surface area (Å²) >= 11 is 0. The first kappa shape index (κ1) is 13.4. The molecular weight excluding hydrogens is 246 g/mol. The minimum atomic E-state index is -0.866. The number of carbonyl (C=O) groups excluding carboxylic acids is 1. The molecule has 1 heterocycles. The lowest BCUT2D eigenvalue weighted by molar-refractivity contribution is -0.125. The van der Waals surface area contributed by atoms with Crippen molar-refractivity contribution in [3.05, 3.63) is 12.4 Å². The summed E-state index contributed by atoms with van der Waals surface area (Å²) in [6.07, 6.45) is 5.47. The fourth-order valence-corrected chi connectivity index (χ4v) is 2.16. The Bertz CT molecular complexity index is 502. The lowest BCUT2D eigenvalue weighted by atomic mass is 9.67. The van der Waals surface area contributed by atoms with Gasteiger partial charge >= 0.3 is 0 Å². The molecule has 4 N–H and O–H groups in total. The molecule has 1 aromatic rings. The molecule has 1 aromatic heterocycles. The number of amidine groups is 1. The van der Waals surface area contributed by atoms with Crippen LogP contribution in [0.15, 0.2) is 17.5 Å². The third kappa shape index (κ3) is 2.27. The van der Waals surface area contributed by atoms with Crippen molar-refractivity contribution >= 4 is 17.4 Å². The predicted molar refractivity (Wildman–Crippen MR) is 70.9 cm³/mol. The SMILES string of the molecule is CC(C)n1cc(NC(=O)C2(/C(N)=N/O)CCC2)cn1. The van der Waals surface area contributed by atoms with Crippen molar-refractivity contribution in [3.63, 3.8) is 0 Å². The van der Waals surface area contributed by atoms with E-state index in [2.05, 4.69) is 15.6 Å². The van der Waals surface area contributed by atoms with Gasteiger partial charge in [-0.3, -0.25) is 9.48 Å². The second-order valence-electron chi connectivity index (χ2n) is 5.18. The molecule has 7 heteroatoms. The highest BCUT2D eigenvalue weighted by atomic mass is 16.4. The third-order valence-corrected chi connectivity index (χ3v) is 3.63. The number of nitrogens with zero attached hydrogens (tertiary/aromatic N) is 3. The first-order chi connectivity index (χ1) is 8.99. The van der Waals surface area contributed by atoms with Gasteiger partial charge in [-0.25, -0.2) is 0 Å². The first-order valence-corrected chi connectivity index (χ1v) is 6.33. The molecule has 7 nitrogen and oxygen atoms in total. The van der Waals surface area contributed by atoms with Crippen LogP contribution in [0.4, 0.5) is 5.69 Å². The summed E-state index contributed by atoms with van der Waals surface area (Å²) in [6, 6.07) is 0.229. The van der Waals surface area contributed by atoms with E-state index in [4.69, 9.17) is 10.9 Å². The smallest absolute Gasteiger partial charge is 0.238 e. The molecule has 104 valence electrons. The minimum absolute atomic E-state index is 0.0208. The number of rotatable bonds is 4. The Labute approximate surface area is 111 Å². The molecule has 1 saturated carbocycles. The summed E-state index contributed by atoms with van der Waals surface area (Å²) in [4.78, 5) is 12.3. The predicted octanol–water partition coefficient (Wildman–Crippen LogP) is 1.32. The number of hydrogen-bond acceptors (Lipinski definition) is 4. The van der Waals surface area contributed by atoms with E-state index >= 15 is 0 Å². The molecule has 0 radical (unpaired) electrons. The molecule has 19 heavy (non-hydrogen) atoms. The van der Waals surface area contributed by atoms with Crippen LogP contribution in [0.25, 0.3) is 0 Å². The van der Waals surface area contributed by atoms with Gasteiger partial charge in [0.15, 0.2) is 5.84 Å². The summed E-state index contributed by atoms with van der Waals surface area (Å²) in [5.74, 6) is -0.259. The zero-order valence-corrected chi connectivity index (χ0v) is 11.1. The molecular formula is C12H19N5O2. The molecule has 0 bridgehead atoms. The Kier molecular flexibility index (Phi) is 3.46. The Morgan fingerprint density at radius 1 is 1.63 bits per heavy atom. The number of oxime groups is 1. The number of amides is 1. The van der Waals surface area contributed by atoms with Crippen LogP contribution in [0, 0.1) is 5.41 Å². The van der Waals surface area contributed by atoms with Crippen LogP contribution in [-0.4, -0.2) is 26.7 Å². The van der Waals surface area contributed by atoms with Crippen molar-refractivity contribution in [2.75, 3.05) is 5.32 Å². The molecule has 0 aromatic carbocycles. The number of carbonyl (C=O) groups is 1. The standard InChI is InChI=1S/C12H19N5O2/c1-8(2)17-7-9(6-14-17)15-11(18)12(4-3-5-12)10(13)16-19/h6-8,19H,3-5H2,1-2H3,(H2,13,16)(H,15,18). The van der Waals surface area contributed by atoms with Crippen LogP contribution < -0.4 is 11.1 Å². The summed E-state index contributed by atoms with van der Waals surface area (Å²) in [6.45, 7) is 4.00. The lowest BCUT2D eigenvalue weighted by Crippen LogP contribution is -2.51. The molecule has 1 aliphatic rings. The van der Waals surface area contributed by atoms with Crippen molar-refractivity contribution in [3.8, 4) is 0 Å². The average Bonchev–Trinajstić information content (AvgIpc) is 2.75. The fraction of sp³-hybridized carbons (Fsp3) is 0.583. The molecule has 0 saturated heterocycles. The van der Waals surface area contributed by atoms with E-state index in [1.165, 1.54) is 0 Å². The van der Waals surface area contributed by atoms with E-state index in [-0.39, 0.29) is 17.8 Å². The van der Waals surface area contributed by atoms with E-state index in [0.717, 1.165) is 6.42 Å². The molecule has 1 aliphatic carbocycles. The van der Waals surface area contributed by atoms with Crippen molar-refractivity contribution < 1.29 is 10.0 Å². The van der Waals surface area contributed by atoms with Gasteiger partial charge in [-0.2, -0.15) is 5.10 Å². The van der Waals surface area contributed by atoms with Gasteiger partial charge in [-0.15, -0.1) is 0 Å². The molecule has 0 atom stereocenters. The second kappa shape index (κ2) is 4.91. The molecule has 0 aliphatic heterocycles. The van der Waals surface area contributed by atoms with Gasteiger partial charge in [-0.1, -0.05) is 11.6 Å². The van der Waals surface area contributed by atoms with Gasteiger partial charge in [0.25, 0.3) is 0 Å². The topological polar surface area (TPSA) is 106 Å². The highest BCUT2D eigenvalue weighted by Crippen LogP contribution is 2.42. The number of nitrogens with two attached hydrogens (primary N) is 1. The van der Waals surface area contributed by atoms with Crippen LogP contribution in [0.2, 0.25) is 0 Å². The van der Waals surface area contributed by atoms with Crippen molar-refractivity contribution in [2.24, 2.45) is 16.3 Å². The third-order valence-electron chi connectivity index (χ3n) is 3.63. The van der Waals surface area contributed by atoms with Gasteiger partial charge in [0, 0.05) is 12.2 Å². The maximum absolute atomic E-state index is 12.3. The summed E-state index contributed by atoms with van der Waals surface area (Å²) in [7, 11) is 0. The van der Waals surface area contributed by atoms with Crippen LogP contribution in [0.5, 0.6) is 0 Å². The van der Waals surface area contributed by atoms with Crippen molar-refractivity contribution in [1.29, 1.82) is 0 Å². The average molecular weight is 265 g/mol. The lowest BCUT2D eigenvalue weighted by Gasteiger charge is -2.38. The Hall–Kier alpha value is -2.05. The second-order valence-corrected chi connectivity index (χ2v) is 5.18. The largest absolute Gasteiger partial charge is 0.409 e. The number of aromatic nitrogens is 2. The molecule has 0 unspecified atom stereocenters. The van der Waals surface area contributed by atoms with Gasteiger partial charge in [0.05, 0.1) is 11.9 Å². The van der Waals surface area contributed by atoms with Gasteiger partial charge in [0.2, 0.25) is 5.91 Å². The van der Waals surface area contributed by atoms with Gasteiger partial charge in [0.1, 0.15) is 5.41 Å². The minimum Gasteiger partial charge on any atom is -0.409 e. The maximum Gasteiger partial charge on any atom is 0.238 e. The highest BCUT2D eigenvalue weighted by Gasteiger charge is 2.48. The molecule has 0 spiro atoms. The summed E-state index contributed by atoms with van der Waals surface area (Å²) in [5, 5.41) is 18.7. The number of nitrogens with one attached hydrogen (secondary N) is 1. The fourth-order valence-electron chi connectivity index (χ4n) is 2.16. The Morgan fingerprint density at radius 3 is 2.74 bits per heavy atom. The number of anilines is 1. The molecule has 1 amide bonds. The summed E-state index contributed by atoms with van der Waals surface area (Å²) in [5.41, 5.74) is 5.39. The molecule has 2 rings (SSSR count). The van der Waals surface area contributed by atoms with Crippen LogP contribution >= 0.6 is 0 Å². The Morgan fingerprint density at radius 2 is 2.32 bits per heavy atom. The van der Waals surface area contributed by atoms with Gasteiger partial charge < -0.3 is 16.3 Å². The quantitative estimate of drug-likeness (QED) is 0.330. The van der Waals surface area contributed by atoms with E-state index in [1.54, 1.807) is 17.1 Å². The van der Waals surface area contributed by atoms with E-state index < -0.39 is 5.41 Å². The van der Waals surface area contributed by atoms with Crippen LogP contribution in [-0.2, 0) is 4.79 Å². The van der Waals surface area contributed by atoms with Crippen LogP contribution in [0.1, 0.15) is 39.2 Å². The van der Waals surface area contributed by atoms with E-state index in [0.29, 0.717) is 18.5 Å². The van der Waals surface area contributed by atoms with Crippen molar-refractivity contribution in [2.45, 2.75) is 39.2 Å². The molecule has 1 fully saturated rings. The normalized spacial score (nSPS) is 18.2. The van der Waals surface area contributed by atoms with E-state index in [9.17, 15) is 4.79 Å². The zero-order chi connectivity index (χ0) is 14.0. The van der Waals surface area contributed by atoms with Crippen LogP contribution in [0.3, 0.4) is 0 Å². The highest BCUT2D eigenvalue weighted by molar-refractivity contribution is 6.12. The van der Waals surface area contributed by atoms with Gasteiger partial charge in [-0.05, 0) is 26.7 Å². The number of hydrogen-bond donors (Lipinski definition) is 3. The van der Waals surface area contributed by atoms with Crippen molar-refractivity contribution in [1.82, 2.24) is 9.78 Å². The summed E-state index contributed by atoms with van der Waals surface area (Å²) < 4.78 is 1.76. The zero-order valence-electron chi connectivity index (χ0n) is 11.1. The first-order valence-electron chi connectivity index (χ1n) is 6.33. The Balaban J connectivity index is 2.11.